The summed E-state index contributed by atoms with van der Waals surface area (Å²) >= 11 is 0. The van der Waals surface area contributed by atoms with Gasteiger partial charge >= 0.3 is 0 Å². The first-order valence-electron chi connectivity index (χ1n) is 8.56. The lowest BCUT2D eigenvalue weighted by Gasteiger charge is -2.21. The van der Waals surface area contributed by atoms with Crippen molar-refractivity contribution in [2.24, 2.45) is 4.99 Å². The number of ether oxygens (including phenoxy) is 1. The van der Waals surface area contributed by atoms with Gasteiger partial charge in [-0.3, -0.25) is 4.99 Å². The van der Waals surface area contributed by atoms with Crippen LogP contribution in [0.25, 0.3) is 0 Å². The summed E-state index contributed by atoms with van der Waals surface area (Å²) in [6.07, 6.45) is -0.225. The van der Waals surface area contributed by atoms with Crippen LogP contribution in [0.2, 0.25) is 0 Å². The molecular weight excluding hydrogens is 460 g/mol. The minimum absolute atomic E-state index is 0. The molecule has 0 saturated carbocycles. The highest BCUT2D eigenvalue weighted by atomic mass is 127. The van der Waals surface area contributed by atoms with Crippen LogP contribution in [-0.4, -0.2) is 44.9 Å². The summed E-state index contributed by atoms with van der Waals surface area (Å²) in [7, 11) is 3.30. The summed E-state index contributed by atoms with van der Waals surface area (Å²) in [6, 6.07) is 16.1. The Kier molecular flexibility index (Phi) is 10.9. The van der Waals surface area contributed by atoms with Crippen LogP contribution in [0.5, 0.6) is 0 Å². The third-order valence-corrected chi connectivity index (χ3v) is 4.21. The lowest BCUT2D eigenvalue weighted by Crippen LogP contribution is -2.41. The van der Waals surface area contributed by atoms with Gasteiger partial charge in [-0.2, -0.15) is 0 Å². The van der Waals surface area contributed by atoms with E-state index in [1.165, 1.54) is 12.1 Å². The molecule has 2 aromatic rings. The molecule has 0 bridgehead atoms. The average Bonchev–Trinajstić information content (AvgIpc) is 2.69. The summed E-state index contributed by atoms with van der Waals surface area (Å²) in [5, 5.41) is 16.1. The molecule has 0 radical (unpaired) electrons. The molecule has 3 N–H and O–H groups in total. The minimum atomic E-state index is -0.273. The smallest absolute Gasteiger partial charge is 0.191 e. The van der Waals surface area contributed by atoms with E-state index in [1.54, 1.807) is 26.3 Å². The van der Waals surface area contributed by atoms with Crippen molar-refractivity contribution in [3.8, 4) is 0 Å². The van der Waals surface area contributed by atoms with E-state index in [0.29, 0.717) is 19.0 Å². The van der Waals surface area contributed by atoms with Crippen LogP contribution < -0.4 is 10.6 Å². The minimum Gasteiger partial charge on any atom is -0.396 e. The molecule has 0 aromatic heterocycles. The van der Waals surface area contributed by atoms with Crippen molar-refractivity contribution < 1.29 is 14.2 Å². The Morgan fingerprint density at radius 1 is 1.04 bits per heavy atom. The topological polar surface area (TPSA) is 65.9 Å². The number of halogens is 2. The second-order valence-corrected chi connectivity index (χ2v) is 5.90. The molecular formula is C20H27FIN3O2. The lowest BCUT2D eigenvalue weighted by atomic mass is 10.0. The van der Waals surface area contributed by atoms with E-state index in [-0.39, 0.29) is 48.4 Å². The number of benzene rings is 2. The van der Waals surface area contributed by atoms with Gasteiger partial charge in [-0.25, -0.2) is 4.39 Å². The van der Waals surface area contributed by atoms with Gasteiger partial charge in [0.2, 0.25) is 0 Å². The Hall–Kier alpha value is -1.71. The molecule has 0 spiro atoms. The largest absolute Gasteiger partial charge is 0.396 e. The standard InChI is InChI=1S/C20H26FN3O2.HI/c1-22-20(23-12-17(14-25)15-6-4-3-5-7-15)24-13-19(26-2)16-8-10-18(21)11-9-16;/h3-11,17,19,25H,12-14H2,1-2H3,(H2,22,23,24);1H. The molecule has 0 aliphatic rings. The molecule has 0 saturated heterocycles. The highest BCUT2D eigenvalue weighted by Gasteiger charge is 2.13. The summed E-state index contributed by atoms with van der Waals surface area (Å²) in [6.45, 7) is 1.08. The van der Waals surface area contributed by atoms with E-state index in [9.17, 15) is 9.50 Å². The van der Waals surface area contributed by atoms with Crippen molar-refractivity contribution in [1.29, 1.82) is 0 Å². The number of aliphatic hydroxyl groups is 1. The van der Waals surface area contributed by atoms with Gasteiger partial charge < -0.3 is 20.5 Å². The molecule has 2 aromatic carbocycles. The number of methoxy groups -OCH3 is 1. The molecule has 5 nitrogen and oxygen atoms in total. The maximum absolute atomic E-state index is 13.1. The molecule has 0 amide bonds. The van der Waals surface area contributed by atoms with Gasteiger partial charge in [0.05, 0.1) is 12.7 Å². The Morgan fingerprint density at radius 2 is 1.67 bits per heavy atom. The number of nitrogens with one attached hydrogen (secondary N) is 2. The normalized spacial score (nSPS) is 13.4. The van der Waals surface area contributed by atoms with Gasteiger partial charge in [-0.05, 0) is 23.3 Å². The van der Waals surface area contributed by atoms with E-state index in [0.717, 1.165) is 11.1 Å². The summed E-state index contributed by atoms with van der Waals surface area (Å²) in [5.74, 6) is 0.318. The SMILES string of the molecule is CN=C(NCC(CO)c1ccccc1)NCC(OC)c1ccc(F)cc1.I. The van der Waals surface area contributed by atoms with Crippen LogP contribution in [0, 0.1) is 5.82 Å². The van der Waals surface area contributed by atoms with Crippen LogP contribution in [0.15, 0.2) is 59.6 Å². The van der Waals surface area contributed by atoms with Gasteiger partial charge in [0.1, 0.15) is 5.82 Å². The third-order valence-electron chi connectivity index (χ3n) is 4.21. The van der Waals surface area contributed by atoms with Crippen molar-refractivity contribution in [2.75, 3.05) is 33.9 Å². The zero-order chi connectivity index (χ0) is 18.8. The van der Waals surface area contributed by atoms with Crippen LogP contribution in [-0.2, 0) is 4.74 Å². The Labute approximate surface area is 177 Å². The predicted octanol–water partition coefficient (Wildman–Crippen LogP) is 3.07. The summed E-state index contributed by atoms with van der Waals surface area (Å²) in [5.41, 5.74) is 1.95. The van der Waals surface area contributed by atoms with Gasteiger partial charge in [-0.15, -0.1) is 24.0 Å². The van der Waals surface area contributed by atoms with Crippen molar-refractivity contribution in [3.63, 3.8) is 0 Å². The number of guanidine groups is 1. The molecule has 2 unspecified atom stereocenters. The van der Waals surface area contributed by atoms with E-state index in [1.807, 2.05) is 30.3 Å². The molecule has 148 valence electrons. The zero-order valence-electron chi connectivity index (χ0n) is 15.6. The monoisotopic (exact) mass is 487 g/mol. The maximum atomic E-state index is 13.1. The molecule has 2 rings (SSSR count). The first-order valence-corrected chi connectivity index (χ1v) is 8.56. The maximum Gasteiger partial charge on any atom is 0.191 e. The van der Waals surface area contributed by atoms with Gasteiger partial charge in [0.15, 0.2) is 5.96 Å². The zero-order valence-corrected chi connectivity index (χ0v) is 17.9. The molecule has 7 heteroatoms. The number of rotatable bonds is 8. The van der Waals surface area contributed by atoms with E-state index < -0.39 is 0 Å². The average molecular weight is 487 g/mol. The molecule has 2 atom stereocenters. The van der Waals surface area contributed by atoms with Crippen LogP contribution in [0.1, 0.15) is 23.1 Å². The Balaban J connectivity index is 0.00000364. The first kappa shape index (κ1) is 23.3. The van der Waals surface area contributed by atoms with Crippen molar-refractivity contribution in [1.82, 2.24) is 10.6 Å². The molecule has 0 fully saturated rings. The van der Waals surface area contributed by atoms with Crippen molar-refractivity contribution in [3.05, 3.63) is 71.5 Å². The highest BCUT2D eigenvalue weighted by molar-refractivity contribution is 14.0. The Morgan fingerprint density at radius 3 is 2.22 bits per heavy atom. The first-order chi connectivity index (χ1) is 12.7. The fourth-order valence-corrected chi connectivity index (χ4v) is 2.66. The summed E-state index contributed by atoms with van der Waals surface area (Å²) < 4.78 is 18.5. The van der Waals surface area contributed by atoms with E-state index in [2.05, 4.69) is 15.6 Å². The fraction of sp³-hybridized carbons (Fsp3) is 0.350. The number of hydrogen-bond acceptors (Lipinski definition) is 3. The van der Waals surface area contributed by atoms with Crippen molar-refractivity contribution >= 4 is 29.9 Å². The molecule has 0 aliphatic carbocycles. The summed E-state index contributed by atoms with van der Waals surface area (Å²) in [4.78, 5) is 4.20. The second kappa shape index (κ2) is 12.6. The van der Waals surface area contributed by atoms with Gasteiger partial charge in [-0.1, -0.05) is 42.5 Å². The van der Waals surface area contributed by atoms with Crippen LogP contribution >= 0.6 is 24.0 Å². The number of nitrogens with zero attached hydrogens (tertiary/aromatic N) is 1. The number of aliphatic imine (C=N–C) groups is 1. The van der Waals surface area contributed by atoms with E-state index in [4.69, 9.17) is 4.74 Å². The van der Waals surface area contributed by atoms with Gasteiger partial charge in [0, 0.05) is 33.2 Å². The molecule has 27 heavy (non-hydrogen) atoms. The lowest BCUT2D eigenvalue weighted by molar-refractivity contribution is 0.106. The quantitative estimate of drug-likeness (QED) is 0.304. The highest BCUT2D eigenvalue weighted by Crippen LogP contribution is 2.16. The van der Waals surface area contributed by atoms with Crippen LogP contribution in [0.4, 0.5) is 4.39 Å². The second-order valence-electron chi connectivity index (χ2n) is 5.90. The molecule has 0 aliphatic heterocycles. The number of aliphatic hydroxyl groups excluding tert-OH is 1. The van der Waals surface area contributed by atoms with Gasteiger partial charge in [0.25, 0.3) is 0 Å². The van der Waals surface area contributed by atoms with Crippen molar-refractivity contribution in [2.45, 2.75) is 12.0 Å². The number of hydrogen-bond donors (Lipinski definition) is 3. The third kappa shape index (κ3) is 7.43. The fourth-order valence-electron chi connectivity index (χ4n) is 2.66. The molecule has 0 heterocycles. The van der Waals surface area contributed by atoms with Crippen LogP contribution in [0.3, 0.4) is 0 Å². The predicted molar refractivity (Wildman–Crippen MR) is 117 cm³/mol. The van der Waals surface area contributed by atoms with E-state index >= 15 is 0 Å². The Bertz CT molecular complexity index is 683.